The highest BCUT2D eigenvalue weighted by Crippen LogP contribution is 2.15. The van der Waals surface area contributed by atoms with Gasteiger partial charge in [0.1, 0.15) is 0 Å². The number of rotatable bonds is 2. The molecule has 18 heavy (non-hydrogen) atoms. The van der Waals surface area contributed by atoms with Crippen LogP contribution in [0, 0.1) is 0 Å². The molecule has 0 radical (unpaired) electrons. The van der Waals surface area contributed by atoms with Gasteiger partial charge in [-0.05, 0) is 6.42 Å². The molecule has 1 aliphatic rings. The van der Waals surface area contributed by atoms with Crippen LogP contribution in [0.4, 0.5) is 0 Å². The average molecular weight is 250 g/mol. The summed E-state index contributed by atoms with van der Waals surface area (Å²) in [7, 11) is 1.82. The van der Waals surface area contributed by atoms with Crippen molar-refractivity contribution in [3.63, 3.8) is 0 Å². The zero-order chi connectivity index (χ0) is 13.1. The number of carbonyl (C=O) groups is 1. The van der Waals surface area contributed by atoms with E-state index in [0.717, 1.165) is 17.8 Å². The van der Waals surface area contributed by atoms with Crippen molar-refractivity contribution in [3.8, 4) is 0 Å². The first-order chi connectivity index (χ1) is 8.65. The molecule has 1 aromatic rings. The Morgan fingerprint density at radius 2 is 2.17 bits per heavy atom. The predicted molar refractivity (Wildman–Crippen MR) is 66.9 cm³/mol. The van der Waals surface area contributed by atoms with E-state index in [2.05, 4.69) is 10.3 Å². The van der Waals surface area contributed by atoms with Crippen LogP contribution < -0.4 is 0 Å². The highest BCUT2D eigenvalue weighted by molar-refractivity contribution is 5.96. The monoisotopic (exact) mass is 250 g/mol. The molecule has 0 aliphatic carbocycles. The van der Waals surface area contributed by atoms with Gasteiger partial charge in [-0.1, -0.05) is 12.1 Å². The molecule has 1 fully saturated rings. The molecule has 0 bridgehead atoms. The molecule has 6 heteroatoms. The Morgan fingerprint density at radius 3 is 2.72 bits per heavy atom. The van der Waals surface area contributed by atoms with Gasteiger partial charge in [-0.15, -0.1) is 0 Å². The van der Waals surface area contributed by atoms with E-state index >= 15 is 0 Å². The fraction of sp³-hybridized carbons (Fsp3) is 0.583. The molecule has 0 aromatic carbocycles. The molecule has 0 unspecified atom stereocenters. The van der Waals surface area contributed by atoms with Crippen molar-refractivity contribution < 1.29 is 10.0 Å². The molecule has 0 atom stereocenters. The highest BCUT2D eigenvalue weighted by Gasteiger charge is 2.24. The smallest absolute Gasteiger partial charge is 0.257 e. The van der Waals surface area contributed by atoms with E-state index in [4.69, 9.17) is 5.21 Å². The Kier molecular flexibility index (Phi) is 3.64. The third-order valence-electron chi connectivity index (χ3n) is 3.24. The molecular formula is C12H18N4O2. The Bertz CT molecular complexity index is 468. The molecule has 6 nitrogen and oxygen atoms in total. The molecule has 0 saturated carbocycles. The minimum Gasteiger partial charge on any atom is -0.411 e. The fourth-order valence-corrected chi connectivity index (χ4v) is 2.21. The summed E-state index contributed by atoms with van der Waals surface area (Å²) in [4.78, 5) is 14.2. The van der Waals surface area contributed by atoms with Gasteiger partial charge in [0.2, 0.25) is 0 Å². The van der Waals surface area contributed by atoms with Gasteiger partial charge in [0.25, 0.3) is 5.91 Å². The lowest BCUT2D eigenvalue weighted by molar-refractivity contribution is 0.0752. The number of oxime groups is 1. The Morgan fingerprint density at radius 1 is 1.50 bits per heavy atom. The van der Waals surface area contributed by atoms with Crippen LogP contribution in [-0.2, 0) is 13.5 Å². The van der Waals surface area contributed by atoms with Gasteiger partial charge < -0.3 is 10.1 Å². The summed E-state index contributed by atoms with van der Waals surface area (Å²) in [6.45, 7) is 3.21. The summed E-state index contributed by atoms with van der Waals surface area (Å²) in [5.41, 5.74) is 2.29. The molecule has 1 N–H and O–H groups in total. The Balaban J connectivity index is 2.12. The maximum Gasteiger partial charge on any atom is 0.257 e. The quantitative estimate of drug-likeness (QED) is 0.630. The molecule has 1 amide bonds. The van der Waals surface area contributed by atoms with Crippen molar-refractivity contribution in [2.45, 2.75) is 26.2 Å². The third kappa shape index (κ3) is 2.37. The largest absolute Gasteiger partial charge is 0.411 e. The molecule has 1 aliphatic heterocycles. The second-order valence-corrected chi connectivity index (χ2v) is 4.48. The minimum atomic E-state index is 0.0249. The predicted octanol–water partition coefficient (Wildman–Crippen LogP) is 1.05. The maximum atomic E-state index is 12.4. The molecule has 1 aromatic heterocycles. The molecule has 2 heterocycles. The molecule has 98 valence electrons. The van der Waals surface area contributed by atoms with E-state index in [-0.39, 0.29) is 5.91 Å². The zero-order valence-electron chi connectivity index (χ0n) is 10.8. The lowest BCUT2D eigenvalue weighted by Crippen LogP contribution is -2.38. The van der Waals surface area contributed by atoms with Crippen molar-refractivity contribution in [1.82, 2.24) is 14.7 Å². The first-order valence-electron chi connectivity index (χ1n) is 6.17. The van der Waals surface area contributed by atoms with Crippen LogP contribution >= 0.6 is 0 Å². The molecular weight excluding hydrogens is 232 g/mol. The number of nitrogens with zero attached hydrogens (tertiary/aromatic N) is 4. The van der Waals surface area contributed by atoms with Gasteiger partial charge in [-0.3, -0.25) is 9.48 Å². The van der Waals surface area contributed by atoms with Crippen LogP contribution in [0.25, 0.3) is 0 Å². The van der Waals surface area contributed by atoms with Gasteiger partial charge in [0.15, 0.2) is 0 Å². The zero-order valence-corrected chi connectivity index (χ0v) is 10.8. The molecule has 0 spiro atoms. The maximum absolute atomic E-state index is 12.4. The van der Waals surface area contributed by atoms with Crippen LogP contribution in [0.15, 0.2) is 11.4 Å². The summed E-state index contributed by atoms with van der Waals surface area (Å²) < 4.78 is 1.68. The van der Waals surface area contributed by atoms with Gasteiger partial charge in [-0.2, -0.15) is 5.10 Å². The summed E-state index contributed by atoms with van der Waals surface area (Å²) in [5.74, 6) is 0.0249. The van der Waals surface area contributed by atoms with E-state index in [1.165, 1.54) is 0 Å². The third-order valence-corrected chi connectivity index (χ3v) is 3.24. The average Bonchev–Trinajstić information content (AvgIpc) is 2.79. The lowest BCUT2D eigenvalue weighted by atomic mass is 10.1. The van der Waals surface area contributed by atoms with Crippen LogP contribution in [0.3, 0.4) is 0 Å². The van der Waals surface area contributed by atoms with E-state index in [9.17, 15) is 4.79 Å². The van der Waals surface area contributed by atoms with E-state index in [1.807, 2.05) is 14.0 Å². The Labute approximate surface area is 106 Å². The number of hydrogen-bond donors (Lipinski definition) is 1. The number of aromatic nitrogens is 2. The van der Waals surface area contributed by atoms with Crippen LogP contribution in [-0.4, -0.2) is 44.6 Å². The van der Waals surface area contributed by atoms with Crippen LogP contribution in [0.1, 0.15) is 35.8 Å². The topological polar surface area (TPSA) is 70.7 Å². The first-order valence-corrected chi connectivity index (χ1v) is 6.17. The summed E-state index contributed by atoms with van der Waals surface area (Å²) in [5, 5.41) is 16.2. The number of piperidine rings is 1. The number of aryl methyl sites for hydroxylation is 2. The van der Waals surface area contributed by atoms with E-state index < -0.39 is 0 Å². The number of hydrogen-bond acceptors (Lipinski definition) is 4. The van der Waals surface area contributed by atoms with Gasteiger partial charge in [0.05, 0.1) is 17.0 Å². The van der Waals surface area contributed by atoms with Crippen molar-refractivity contribution >= 4 is 11.6 Å². The number of likely N-dealkylation sites (tertiary alicyclic amines) is 1. The Hall–Kier alpha value is -1.85. The number of carbonyl (C=O) groups excluding carboxylic acids is 1. The second kappa shape index (κ2) is 5.20. The number of amides is 1. The van der Waals surface area contributed by atoms with Gasteiger partial charge in [0, 0.05) is 39.2 Å². The van der Waals surface area contributed by atoms with E-state index in [1.54, 1.807) is 15.8 Å². The standard InChI is InChI=1S/C12H18N4O2/c1-3-11-10(8-15(2)13-11)12(17)16-6-4-9(14-18)5-7-16/h8,18H,3-7H2,1-2H3. The van der Waals surface area contributed by atoms with Crippen LogP contribution in [0.2, 0.25) is 0 Å². The van der Waals surface area contributed by atoms with E-state index in [0.29, 0.717) is 31.5 Å². The molecule has 2 rings (SSSR count). The first kappa shape index (κ1) is 12.6. The van der Waals surface area contributed by atoms with Gasteiger partial charge >= 0.3 is 0 Å². The fourth-order valence-electron chi connectivity index (χ4n) is 2.21. The second-order valence-electron chi connectivity index (χ2n) is 4.48. The van der Waals surface area contributed by atoms with Crippen molar-refractivity contribution in [2.24, 2.45) is 12.2 Å². The summed E-state index contributed by atoms with van der Waals surface area (Å²) in [6, 6.07) is 0. The highest BCUT2D eigenvalue weighted by atomic mass is 16.4. The summed E-state index contributed by atoms with van der Waals surface area (Å²) >= 11 is 0. The SMILES string of the molecule is CCc1nn(C)cc1C(=O)N1CCC(=NO)CC1. The lowest BCUT2D eigenvalue weighted by Gasteiger charge is -2.27. The van der Waals surface area contributed by atoms with Crippen molar-refractivity contribution in [1.29, 1.82) is 0 Å². The van der Waals surface area contributed by atoms with Crippen LogP contribution in [0.5, 0.6) is 0 Å². The van der Waals surface area contributed by atoms with Crippen molar-refractivity contribution in [3.05, 3.63) is 17.5 Å². The van der Waals surface area contributed by atoms with Gasteiger partial charge in [-0.25, -0.2) is 0 Å². The normalized spacial score (nSPS) is 15.9. The summed E-state index contributed by atoms with van der Waals surface area (Å²) in [6.07, 6.45) is 3.81. The molecule has 1 saturated heterocycles. The minimum absolute atomic E-state index is 0.0249. The van der Waals surface area contributed by atoms with Crippen molar-refractivity contribution in [2.75, 3.05) is 13.1 Å².